The Morgan fingerprint density at radius 2 is 1.85 bits per heavy atom. The van der Waals surface area contributed by atoms with Gasteiger partial charge in [-0.25, -0.2) is 9.97 Å². The van der Waals surface area contributed by atoms with Crippen molar-refractivity contribution in [1.82, 2.24) is 15.3 Å². The minimum atomic E-state index is -0.214. The predicted molar refractivity (Wildman–Crippen MR) is 108 cm³/mol. The van der Waals surface area contributed by atoms with E-state index in [0.717, 1.165) is 11.1 Å². The summed E-state index contributed by atoms with van der Waals surface area (Å²) in [4.78, 5) is 23.0. The van der Waals surface area contributed by atoms with E-state index >= 15 is 0 Å². The van der Waals surface area contributed by atoms with Gasteiger partial charge >= 0.3 is 0 Å². The number of carbonyl (C=O) groups excluding carboxylic acids is 1. The van der Waals surface area contributed by atoms with Crippen molar-refractivity contribution in [3.63, 3.8) is 0 Å². The summed E-state index contributed by atoms with van der Waals surface area (Å²) in [6.45, 7) is 1.18. The lowest BCUT2D eigenvalue weighted by atomic mass is 10.1. The topological polar surface area (TPSA) is 58.1 Å². The first-order valence-corrected chi connectivity index (χ1v) is 9.10. The van der Waals surface area contributed by atoms with Crippen LogP contribution >= 0.6 is 11.6 Å². The molecule has 27 heavy (non-hydrogen) atoms. The number of benzene rings is 2. The van der Waals surface area contributed by atoms with Crippen LogP contribution in [0.4, 0.5) is 5.95 Å². The molecule has 0 aliphatic heterocycles. The highest BCUT2D eigenvalue weighted by Gasteiger charge is 2.11. The van der Waals surface area contributed by atoms with Crippen LogP contribution in [-0.4, -0.2) is 29.5 Å². The van der Waals surface area contributed by atoms with Crippen molar-refractivity contribution >= 4 is 23.5 Å². The summed E-state index contributed by atoms with van der Waals surface area (Å²) in [7, 11) is 1.91. The average molecular weight is 381 g/mol. The van der Waals surface area contributed by atoms with Crippen molar-refractivity contribution < 1.29 is 4.79 Å². The quantitative estimate of drug-likeness (QED) is 0.678. The Morgan fingerprint density at radius 3 is 2.63 bits per heavy atom. The lowest BCUT2D eigenvalue weighted by Crippen LogP contribution is -2.27. The van der Waals surface area contributed by atoms with Gasteiger partial charge < -0.3 is 10.2 Å². The number of rotatable bonds is 7. The Morgan fingerprint density at radius 1 is 1.07 bits per heavy atom. The Labute approximate surface area is 164 Å². The van der Waals surface area contributed by atoms with Gasteiger partial charge in [0, 0.05) is 31.4 Å². The molecule has 1 amide bonds. The monoisotopic (exact) mass is 380 g/mol. The molecule has 0 aliphatic rings. The van der Waals surface area contributed by atoms with E-state index in [1.165, 1.54) is 0 Å². The molecule has 1 N–H and O–H groups in total. The number of nitrogens with zero attached hydrogens (tertiary/aromatic N) is 3. The smallest absolute Gasteiger partial charge is 0.270 e. The minimum absolute atomic E-state index is 0.214. The Hall–Kier alpha value is -2.92. The summed E-state index contributed by atoms with van der Waals surface area (Å²) < 4.78 is 0. The van der Waals surface area contributed by atoms with Crippen LogP contribution in [0.2, 0.25) is 5.02 Å². The fraction of sp³-hybridized carbons (Fsp3) is 0.190. The van der Waals surface area contributed by atoms with Gasteiger partial charge in [-0.15, -0.1) is 0 Å². The largest absolute Gasteiger partial charge is 0.350 e. The predicted octanol–water partition coefficient (Wildman–Crippen LogP) is 3.74. The molecule has 5 nitrogen and oxygen atoms in total. The van der Waals surface area contributed by atoms with Gasteiger partial charge in [0.15, 0.2) is 0 Å². The highest BCUT2D eigenvalue weighted by molar-refractivity contribution is 6.30. The lowest BCUT2D eigenvalue weighted by Gasteiger charge is -2.17. The standard InChI is InChI=1S/C21H21ClN4O/c1-26(15-17-6-3-2-4-7-17)21-24-13-11-19(25-21)20(27)23-12-10-16-8-5-9-18(22)14-16/h2-9,11,13-14H,10,12,15H2,1H3,(H,23,27). The molecule has 0 unspecified atom stereocenters. The first-order chi connectivity index (χ1) is 13.1. The maximum atomic E-state index is 12.4. The van der Waals surface area contributed by atoms with Crippen molar-refractivity contribution in [2.45, 2.75) is 13.0 Å². The van der Waals surface area contributed by atoms with Gasteiger partial charge in [-0.3, -0.25) is 4.79 Å². The highest BCUT2D eigenvalue weighted by Crippen LogP contribution is 2.12. The Kier molecular flexibility index (Phi) is 6.39. The summed E-state index contributed by atoms with van der Waals surface area (Å²) in [5, 5.41) is 3.59. The third-order valence-electron chi connectivity index (χ3n) is 4.07. The maximum Gasteiger partial charge on any atom is 0.270 e. The molecule has 0 saturated carbocycles. The van der Waals surface area contributed by atoms with Crippen molar-refractivity contribution in [2.24, 2.45) is 0 Å². The van der Waals surface area contributed by atoms with Gasteiger partial charge in [-0.1, -0.05) is 54.1 Å². The molecule has 0 fully saturated rings. The molecule has 6 heteroatoms. The highest BCUT2D eigenvalue weighted by atomic mass is 35.5. The molecular formula is C21H21ClN4O. The zero-order chi connectivity index (χ0) is 19.1. The second-order valence-electron chi connectivity index (χ2n) is 6.22. The molecule has 3 aromatic rings. The molecule has 0 bridgehead atoms. The van der Waals surface area contributed by atoms with E-state index in [-0.39, 0.29) is 5.91 Å². The minimum Gasteiger partial charge on any atom is -0.350 e. The van der Waals surface area contributed by atoms with E-state index < -0.39 is 0 Å². The van der Waals surface area contributed by atoms with E-state index in [1.54, 1.807) is 12.3 Å². The van der Waals surface area contributed by atoms with Crippen LogP contribution in [0.15, 0.2) is 66.9 Å². The second-order valence-corrected chi connectivity index (χ2v) is 6.66. The number of aromatic nitrogens is 2. The van der Waals surface area contributed by atoms with E-state index in [2.05, 4.69) is 15.3 Å². The first kappa shape index (κ1) is 18.9. The van der Waals surface area contributed by atoms with Crippen LogP contribution in [0.5, 0.6) is 0 Å². The third kappa shape index (κ3) is 5.53. The summed E-state index contributed by atoms with van der Waals surface area (Å²) in [6, 6.07) is 19.3. The van der Waals surface area contributed by atoms with E-state index in [4.69, 9.17) is 11.6 Å². The van der Waals surface area contributed by atoms with Gasteiger partial charge in [0.25, 0.3) is 5.91 Å². The summed E-state index contributed by atoms with van der Waals surface area (Å²) >= 11 is 5.98. The van der Waals surface area contributed by atoms with Crippen LogP contribution in [0.1, 0.15) is 21.6 Å². The number of hydrogen-bond donors (Lipinski definition) is 1. The fourth-order valence-corrected chi connectivity index (χ4v) is 2.90. The Balaban J connectivity index is 1.58. The average Bonchev–Trinajstić information content (AvgIpc) is 2.69. The second kappa shape index (κ2) is 9.14. The van der Waals surface area contributed by atoms with Crippen LogP contribution in [0.25, 0.3) is 0 Å². The zero-order valence-corrected chi connectivity index (χ0v) is 15.9. The van der Waals surface area contributed by atoms with Gasteiger partial charge in [0.2, 0.25) is 5.95 Å². The number of anilines is 1. The van der Waals surface area contributed by atoms with Gasteiger partial charge in [0.1, 0.15) is 5.69 Å². The van der Waals surface area contributed by atoms with Gasteiger partial charge in [0.05, 0.1) is 0 Å². The SMILES string of the molecule is CN(Cc1ccccc1)c1nccc(C(=O)NCCc2cccc(Cl)c2)n1. The lowest BCUT2D eigenvalue weighted by molar-refractivity contribution is 0.0949. The molecule has 3 rings (SSSR count). The third-order valence-corrected chi connectivity index (χ3v) is 4.30. The zero-order valence-electron chi connectivity index (χ0n) is 15.1. The molecular weight excluding hydrogens is 360 g/mol. The van der Waals surface area contributed by atoms with Crippen LogP contribution in [0, 0.1) is 0 Å². The van der Waals surface area contributed by atoms with E-state index in [0.29, 0.717) is 36.2 Å². The number of amides is 1. The molecule has 1 aromatic heterocycles. The molecule has 1 heterocycles. The van der Waals surface area contributed by atoms with Crippen molar-refractivity contribution in [1.29, 1.82) is 0 Å². The van der Waals surface area contributed by atoms with E-state index in [9.17, 15) is 4.79 Å². The summed E-state index contributed by atoms with van der Waals surface area (Å²) in [6.07, 6.45) is 2.31. The molecule has 2 aromatic carbocycles. The summed E-state index contributed by atoms with van der Waals surface area (Å²) in [5.41, 5.74) is 2.58. The van der Waals surface area contributed by atoms with Gasteiger partial charge in [-0.2, -0.15) is 0 Å². The van der Waals surface area contributed by atoms with Crippen LogP contribution in [0.3, 0.4) is 0 Å². The Bertz CT molecular complexity index is 901. The summed E-state index contributed by atoms with van der Waals surface area (Å²) in [5.74, 6) is 0.301. The molecule has 0 radical (unpaired) electrons. The molecule has 0 spiro atoms. The van der Waals surface area contributed by atoms with Crippen molar-refractivity contribution in [3.8, 4) is 0 Å². The van der Waals surface area contributed by atoms with Crippen LogP contribution < -0.4 is 10.2 Å². The van der Waals surface area contributed by atoms with Crippen LogP contribution in [-0.2, 0) is 13.0 Å². The molecule has 138 valence electrons. The van der Waals surface area contributed by atoms with Crippen molar-refractivity contribution in [3.05, 3.63) is 88.7 Å². The van der Waals surface area contributed by atoms with Crippen molar-refractivity contribution in [2.75, 3.05) is 18.5 Å². The number of hydrogen-bond acceptors (Lipinski definition) is 4. The number of nitrogens with one attached hydrogen (secondary N) is 1. The molecule has 0 atom stereocenters. The number of halogens is 1. The normalized spacial score (nSPS) is 10.4. The maximum absolute atomic E-state index is 12.4. The molecule has 0 saturated heterocycles. The first-order valence-electron chi connectivity index (χ1n) is 8.72. The fourth-order valence-electron chi connectivity index (χ4n) is 2.69. The van der Waals surface area contributed by atoms with E-state index in [1.807, 2.05) is 66.5 Å². The molecule has 0 aliphatic carbocycles. The van der Waals surface area contributed by atoms with Gasteiger partial charge in [-0.05, 0) is 35.7 Å². The number of carbonyl (C=O) groups is 1.